The quantitative estimate of drug-likeness (QED) is 0.167. The van der Waals surface area contributed by atoms with Gasteiger partial charge < -0.3 is 0 Å². The smallest absolute Gasteiger partial charge is 0.0910 e. The summed E-state index contributed by atoms with van der Waals surface area (Å²) in [7, 11) is 0. The molecule has 204 valence electrons. The largest absolute Gasteiger partial charge is 0.262 e. The first-order valence-corrected chi connectivity index (χ1v) is 18.0. The zero-order valence-electron chi connectivity index (χ0n) is 26.4. The number of hydrogen-bond donors (Lipinski definition) is 0. The summed E-state index contributed by atoms with van der Waals surface area (Å²) in [4.78, 5) is 0. The third-order valence-corrected chi connectivity index (χ3v) is 11.6. The minimum absolute atomic E-state index is 0.470. The summed E-state index contributed by atoms with van der Waals surface area (Å²) in [6.45, 7) is 29.5. The molecule has 0 aromatic heterocycles. The van der Waals surface area contributed by atoms with E-state index in [0.29, 0.717) is 16.2 Å². The van der Waals surface area contributed by atoms with E-state index in [-0.39, 0.29) is 0 Å². The molecule has 0 heterocycles. The first kappa shape index (κ1) is 34.5. The standard InChI is InChI=1S/3C11H23.Al/c3*1-6-7-8-10(2)9-11(3,4)5;/h3*10H,2,6-9H2,1,3-5H3;. The van der Waals surface area contributed by atoms with E-state index in [9.17, 15) is 0 Å². The Hall–Kier alpha value is 0.532. The third-order valence-electron chi connectivity index (χ3n) is 7.60. The Morgan fingerprint density at radius 1 is 0.441 bits per heavy atom. The Bertz CT molecular complexity index is 401. The molecule has 0 aliphatic heterocycles. The molecule has 0 nitrogen and oxygen atoms in total. The monoisotopic (exact) mass is 493 g/mol. The van der Waals surface area contributed by atoms with E-state index in [1.54, 1.807) is 15.8 Å². The van der Waals surface area contributed by atoms with Crippen molar-refractivity contribution in [2.75, 3.05) is 0 Å². The van der Waals surface area contributed by atoms with Crippen LogP contribution in [0.2, 0.25) is 15.8 Å². The first-order valence-electron chi connectivity index (χ1n) is 15.6. The van der Waals surface area contributed by atoms with Gasteiger partial charge in [-0.2, -0.15) is 0 Å². The maximum Gasteiger partial charge on any atom is 0.262 e. The molecule has 3 unspecified atom stereocenters. The van der Waals surface area contributed by atoms with Crippen molar-refractivity contribution in [2.24, 2.45) is 34.0 Å². The van der Waals surface area contributed by atoms with Crippen molar-refractivity contribution in [3.63, 3.8) is 0 Å². The topological polar surface area (TPSA) is 0 Å². The van der Waals surface area contributed by atoms with Crippen molar-refractivity contribution in [3.8, 4) is 0 Å². The highest BCUT2D eigenvalue weighted by Crippen LogP contribution is 2.39. The fourth-order valence-corrected chi connectivity index (χ4v) is 11.3. The number of hydrogen-bond acceptors (Lipinski definition) is 0. The summed E-state index contributed by atoms with van der Waals surface area (Å²) in [5.41, 5.74) is 1.41. The van der Waals surface area contributed by atoms with Gasteiger partial charge in [-0.3, -0.25) is 0 Å². The molecule has 0 bridgehead atoms. The van der Waals surface area contributed by atoms with Crippen LogP contribution in [0, 0.1) is 34.0 Å². The van der Waals surface area contributed by atoms with Gasteiger partial charge in [-0.15, -0.1) is 0 Å². The van der Waals surface area contributed by atoms with E-state index in [1.807, 2.05) is 0 Å². The van der Waals surface area contributed by atoms with Gasteiger partial charge in [-0.05, 0) is 35.5 Å². The van der Waals surface area contributed by atoms with Gasteiger partial charge in [0.05, 0.1) is 0 Å². The van der Waals surface area contributed by atoms with Crippen LogP contribution in [0.3, 0.4) is 0 Å². The summed E-state index contributed by atoms with van der Waals surface area (Å²) >= 11 is -0.804. The van der Waals surface area contributed by atoms with E-state index in [4.69, 9.17) is 0 Å². The Kier molecular flexibility index (Phi) is 17.4. The molecule has 0 amide bonds. The fraction of sp³-hybridized carbons (Fsp3) is 1.00. The van der Waals surface area contributed by atoms with E-state index in [1.165, 1.54) is 77.0 Å². The Morgan fingerprint density at radius 2 is 0.676 bits per heavy atom. The van der Waals surface area contributed by atoms with E-state index < -0.39 is 14.1 Å². The predicted molar refractivity (Wildman–Crippen MR) is 161 cm³/mol. The minimum Gasteiger partial charge on any atom is -0.0910 e. The van der Waals surface area contributed by atoms with Gasteiger partial charge in [0.1, 0.15) is 0 Å². The Labute approximate surface area is 223 Å². The average molecular weight is 493 g/mol. The summed E-state index contributed by atoms with van der Waals surface area (Å²) in [6.07, 6.45) is 17.1. The number of unbranched alkanes of at least 4 members (excludes halogenated alkanes) is 3. The SMILES string of the molecule is CCCCC([CH2][Al]([CH2]C(CCCC)CC(C)(C)C)[CH2]C(CCCC)CC(C)(C)C)CC(C)(C)C. The van der Waals surface area contributed by atoms with Gasteiger partial charge in [0.25, 0.3) is 14.1 Å². The fourth-order valence-electron chi connectivity index (χ4n) is 6.69. The molecule has 0 saturated heterocycles. The highest BCUT2D eigenvalue weighted by Gasteiger charge is 2.32. The molecule has 0 N–H and O–H groups in total. The lowest BCUT2D eigenvalue weighted by atomic mass is 9.83. The van der Waals surface area contributed by atoms with Gasteiger partial charge in [-0.25, -0.2) is 0 Å². The second-order valence-electron chi connectivity index (χ2n) is 15.9. The van der Waals surface area contributed by atoms with Gasteiger partial charge in [0.15, 0.2) is 0 Å². The summed E-state index contributed by atoms with van der Waals surface area (Å²) in [6, 6.07) is 0. The number of rotatable bonds is 18. The van der Waals surface area contributed by atoms with Crippen LogP contribution < -0.4 is 0 Å². The van der Waals surface area contributed by atoms with Gasteiger partial charge in [0, 0.05) is 0 Å². The van der Waals surface area contributed by atoms with Crippen LogP contribution in [0.4, 0.5) is 0 Å². The van der Waals surface area contributed by atoms with Gasteiger partial charge >= 0.3 is 0 Å². The highest BCUT2D eigenvalue weighted by molar-refractivity contribution is 6.59. The molecule has 1 heteroatoms. The van der Waals surface area contributed by atoms with E-state index in [0.717, 1.165) is 17.8 Å². The lowest BCUT2D eigenvalue weighted by Crippen LogP contribution is -2.28. The molecule has 0 aromatic carbocycles. The lowest BCUT2D eigenvalue weighted by molar-refractivity contribution is 0.278. The normalized spacial score (nSPS) is 15.9. The molecule has 0 saturated carbocycles. The predicted octanol–water partition coefficient (Wildman–Crippen LogP) is 12.2. The molecule has 0 rings (SSSR count). The van der Waals surface area contributed by atoms with Crippen LogP contribution in [0.5, 0.6) is 0 Å². The summed E-state index contributed by atoms with van der Waals surface area (Å²) in [5.74, 6) is 2.92. The van der Waals surface area contributed by atoms with Crippen molar-refractivity contribution in [3.05, 3.63) is 0 Å². The minimum atomic E-state index is -0.804. The van der Waals surface area contributed by atoms with Crippen LogP contribution in [0.15, 0.2) is 0 Å². The van der Waals surface area contributed by atoms with Crippen molar-refractivity contribution >= 4 is 14.1 Å². The molecule has 0 aliphatic rings. The van der Waals surface area contributed by atoms with Gasteiger partial charge in [0.2, 0.25) is 0 Å². The molecular formula is C33H69Al. The molecule has 0 aromatic rings. The molecule has 0 radical (unpaired) electrons. The first-order chi connectivity index (χ1) is 15.6. The van der Waals surface area contributed by atoms with Crippen LogP contribution in [0.25, 0.3) is 0 Å². The van der Waals surface area contributed by atoms with Crippen LogP contribution in [0.1, 0.15) is 160 Å². The Morgan fingerprint density at radius 3 is 0.853 bits per heavy atom. The van der Waals surface area contributed by atoms with Crippen LogP contribution in [-0.4, -0.2) is 14.1 Å². The average Bonchev–Trinajstić information content (AvgIpc) is 2.64. The molecule has 0 aliphatic carbocycles. The van der Waals surface area contributed by atoms with Crippen molar-refractivity contribution < 1.29 is 0 Å². The molecule has 34 heavy (non-hydrogen) atoms. The maximum absolute atomic E-state index is 2.48. The maximum atomic E-state index is 2.48. The Balaban J connectivity index is 5.79. The van der Waals surface area contributed by atoms with E-state index in [2.05, 4.69) is 83.1 Å². The second-order valence-corrected chi connectivity index (χ2v) is 19.0. The van der Waals surface area contributed by atoms with Crippen molar-refractivity contribution in [1.29, 1.82) is 0 Å². The molecular weight excluding hydrogens is 423 g/mol. The van der Waals surface area contributed by atoms with Crippen molar-refractivity contribution in [2.45, 2.75) is 176 Å². The molecule has 3 atom stereocenters. The second kappa shape index (κ2) is 17.1. The zero-order valence-corrected chi connectivity index (χ0v) is 27.6. The van der Waals surface area contributed by atoms with E-state index >= 15 is 0 Å². The molecule has 0 spiro atoms. The van der Waals surface area contributed by atoms with Crippen molar-refractivity contribution in [1.82, 2.24) is 0 Å². The van der Waals surface area contributed by atoms with Gasteiger partial charge in [-0.1, -0.05) is 174 Å². The molecule has 0 fully saturated rings. The highest BCUT2D eigenvalue weighted by atomic mass is 27.2. The van der Waals surface area contributed by atoms with Crippen LogP contribution >= 0.6 is 0 Å². The zero-order chi connectivity index (χ0) is 26.4. The summed E-state index contributed by atoms with van der Waals surface area (Å²) in [5, 5.41) is 4.87. The lowest BCUT2D eigenvalue weighted by Gasteiger charge is -2.34. The third kappa shape index (κ3) is 20.7. The summed E-state index contributed by atoms with van der Waals surface area (Å²) < 4.78 is 0. The van der Waals surface area contributed by atoms with Crippen LogP contribution in [-0.2, 0) is 0 Å².